The maximum Gasteiger partial charge on any atom is 0.306 e. The number of rotatable bonds is 49. The van der Waals surface area contributed by atoms with Crippen LogP contribution in [0.4, 0.5) is 0 Å². The Morgan fingerprint density at radius 1 is 0.317 bits per heavy atom. The van der Waals surface area contributed by atoms with Gasteiger partial charge in [0.15, 0.2) is 6.10 Å². The normalized spacial score (nSPS) is 11.9. The van der Waals surface area contributed by atoms with Crippen molar-refractivity contribution < 1.29 is 28.6 Å². The van der Waals surface area contributed by atoms with E-state index in [0.29, 0.717) is 19.3 Å². The molecule has 0 saturated heterocycles. The van der Waals surface area contributed by atoms with Crippen molar-refractivity contribution in [3.63, 3.8) is 0 Å². The molecule has 0 aliphatic heterocycles. The number of carbonyl (C=O) groups is 3. The summed E-state index contributed by atoms with van der Waals surface area (Å²) >= 11 is 0. The van der Waals surface area contributed by atoms with Gasteiger partial charge in [-0.2, -0.15) is 0 Å². The fraction of sp³-hybridized carbons (Fsp3) is 0.944. The highest BCUT2D eigenvalue weighted by atomic mass is 16.6. The first-order valence-corrected chi connectivity index (χ1v) is 26.9. The maximum absolute atomic E-state index is 12.8. The van der Waals surface area contributed by atoms with Crippen molar-refractivity contribution in [3.05, 3.63) is 0 Å². The zero-order chi connectivity index (χ0) is 43.8. The van der Waals surface area contributed by atoms with Crippen LogP contribution >= 0.6 is 0 Å². The number of hydrogen-bond acceptors (Lipinski definition) is 6. The first kappa shape index (κ1) is 58.4. The summed E-state index contributed by atoms with van der Waals surface area (Å²) in [5.74, 6) is -0.0835. The van der Waals surface area contributed by atoms with Gasteiger partial charge in [-0.3, -0.25) is 14.4 Å². The lowest BCUT2D eigenvalue weighted by Gasteiger charge is -2.18. The van der Waals surface area contributed by atoms with E-state index in [1.165, 1.54) is 199 Å². The Labute approximate surface area is 374 Å². The topological polar surface area (TPSA) is 78.9 Å². The van der Waals surface area contributed by atoms with E-state index in [-0.39, 0.29) is 31.1 Å². The lowest BCUT2D eigenvalue weighted by molar-refractivity contribution is -0.167. The van der Waals surface area contributed by atoms with Gasteiger partial charge >= 0.3 is 17.9 Å². The van der Waals surface area contributed by atoms with Crippen LogP contribution in [0.3, 0.4) is 0 Å². The van der Waals surface area contributed by atoms with Gasteiger partial charge in [-0.15, -0.1) is 0 Å². The first-order chi connectivity index (χ1) is 29.4. The summed E-state index contributed by atoms with van der Waals surface area (Å²) < 4.78 is 16.8. The quantitative estimate of drug-likeness (QED) is 0.0345. The van der Waals surface area contributed by atoms with Crippen molar-refractivity contribution in [2.75, 3.05) is 13.2 Å². The molecule has 0 rings (SSSR count). The first-order valence-electron chi connectivity index (χ1n) is 26.9. The average Bonchev–Trinajstić information content (AvgIpc) is 3.23. The molecule has 0 saturated carbocycles. The molecule has 0 spiro atoms. The molecule has 0 heterocycles. The standard InChI is InChI=1S/C54H104O6/c1-5-7-9-11-13-15-17-19-21-23-25-27-29-31-33-39-43-47-54(57)60-51(49-59-53(56)46-42-38-35-34-36-40-44-50(3)4)48-58-52(55)45-41-37-32-30-28-26-24-22-20-18-16-14-12-10-8-6-2/h50-51H,5-49H2,1-4H3/t51-/m0/s1. The molecular weight excluding hydrogens is 745 g/mol. The van der Waals surface area contributed by atoms with Gasteiger partial charge in [-0.1, -0.05) is 265 Å². The van der Waals surface area contributed by atoms with Crippen LogP contribution in [0.5, 0.6) is 0 Å². The lowest BCUT2D eigenvalue weighted by Crippen LogP contribution is -2.30. The molecule has 0 N–H and O–H groups in total. The average molecular weight is 849 g/mol. The van der Waals surface area contributed by atoms with Gasteiger partial charge in [0.1, 0.15) is 13.2 Å². The molecular formula is C54H104O6. The number of ether oxygens (including phenoxy) is 3. The second-order valence-electron chi connectivity index (χ2n) is 19.0. The van der Waals surface area contributed by atoms with Gasteiger partial charge in [-0.25, -0.2) is 0 Å². The van der Waals surface area contributed by atoms with E-state index in [1.807, 2.05) is 0 Å². The van der Waals surface area contributed by atoms with Crippen LogP contribution in [0.2, 0.25) is 0 Å². The molecule has 0 aromatic rings. The number of carbonyl (C=O) groups excluding carboxylic acids is 3. The molecule has 0 aromatic carbocycles. The van der Waals surface area contributed by atoms with Crippen LogP contribution in [-0.2, 0) is 28.6 Å². The Morgan fingerprint density at radius 2 is 0.550 bits per heavy atom. The van der Waals surface area contributed by atoms with Gasteiger partial charge < -0.3 is 14.2 Å². The van der Waals surface area contributed by atoms with Crippen molar-refractivity contribution in [2.45, 2.75) is 310 Å². The number of hydrogen-bond donors (Lipinski definition) is 0. The summed E-state index contributed by atoms with van der Waals surface area (Å²) in [4.78, 5) is 37.9. The molecule has 0 amide bonds. The molecule has 0 fully saturated rings. The largest absolute Gasteiger partial charge is 0.462 e. The van der Waals surface area contributed by atoms with Gasteiger partial charge in [0.2, 0.25) is 0 Å². The SMILES string of the molecule is CCCCCCCCCCCCCCCCCCCC(=O)O[C@@H](COC(=O)CCCCCCCCCCCCCCCCCC)COC(=O)CCCCCCCCC(C)C. The van der Waals surface area contributed by atoms with E-state index in [0.717, 1.165) is 63.7 Å². The van der Waals surface area contributed by atoms with E-state index in [1.54, 1.807) is 0 Å². The van der Waals surface area contributed by atoms with Crippen molar-refractivity contribution in [3.8, 4) is 0 Å². The third kappa shape index (κ3) is 47.5. The van der Waals surface area contributed by atoms with Crippen LogP contribution in [0.1, 0.15) is 304 Å². The fourth-order valence-corrected chi connectivity index (χ4v) is 8.22. The molecule has 0 aliphatic rings. The fourth-order valence-electron chi connectivity index (χ4n) is 8.22. The molecule has 0 aromatic heterocycles. The molecule has 356 valence electrons. The minimum atomic E-state index is -0.761. The predicted octanol–water partition coefficient (Wildman–Crippen LogP) is 17.5. The third-order valence-electron chi connectivity index (χ3n) is 12.3. The molecule has 0 unspecified atom stereocenters. The zero-order valence-electron chi connectivity index (χ0n) is 40.9. The van der Waals surface area contributed by atoms with Crippen LogP contribution < -0.4 is 0 Å². The molecule has 6 heteroatoms. The minimum Gasteiger partial charge on any atom is -0.462 e. The van der Waals surface area contributed by atoms with E-state index in [9.17, 15) is 14.4 Å². The summed E-state index contributed by atoms with van der Waals surface area (Å²) in [6.45, 7) is 8.97. The van der Waals surface area contributed by atoms with E-state index in [4.69, 9.17) is 14.2 Å². The Balaban J connectivity index is 4.24. The monoisotopic (exact) mass is 849 g/mol. The minimum absolute atomic E-state index is 0.0634. The second kappa shape index (κ2) is 48.4. The number of unbranched alkanes of at least 4 members (excludes halogenated alkanes) is 36. The molecule has 0 radical (unpaired) electrons. The van der Waals surface area contributed by atoms with Gasteiger partial charge in [0.05, 0.1) is 0 Å². The van der Waals surface area contributed by atoms with Crippen molar-refractivity contribution in [1.29, 1.82) is 0 Å². The smallest absolute Gasteiger partial charge is 0.306 e. The summed E-state index contributed by atoms with van der Waals surface area (Å²) in [6, 6.07) is 0. The Kier molecular flexibility index (Phi) is 47.2. The highest BCUT2D eigenvalue weighted by Gasteiger charge is 2.19. The van der Waals surface area contributed by atoms with Crippen LogP contribution in [0.15, 0.2) is 0 Å². The molecule has 0 aliphatic carbocycles. The Morgan fingerprint density at radius 3 is 0.817 bits per heavy atom. The molecule has 60 heavy (non-hydrogen) atoms. The summed E-state index contributed by atoms with van der Waals surface area (Å²) in [6.07, 6.45) is 51.1. The van der Waals surface area contributed by atoms with Gasteiger partial charge in [0.25, 0.3) is 0 Å². The lowest BCUT2D eigenvalue weighted by atomic mass is 10.0. The van der Waals surface area contributed by atoms with Gasteiger partial charge in [0, 0.05) is 19.3 Å². The number of esters is 3. The van der Waals surface area contributed by atoms with Gasteiger partial charge in [-0.05, 0) is 25.2 Å². The zero-order valence-corrected chi connectivity index (χ0v) is 40.9. The van der Waals surface area contributed by atoms with Crippen LogP contribution in [0, 0.1) is 5.92 Å². The highest BCUT2D eigenvalue weighted by molar-refractivity contribution is 5.71. The Hall–Kier alpha value is -1.59. The third-order valence-corrected chi connectivity index (χ3v) is 12.3. The summed E-state index contributed by atoms with van der Waals surface area (Å²) in [5.41, 5.74) is 0. The Bertz CT molecular complexity index is 903. The molecule has 1 atom stereocenters. The van der Waals surface area contributed by atoms with Crippen LogP contribution in [-0.4, -0.2) is 37.2 Å². The van der Waals surface area contributed by atoms with E-state index in [2.05, 4.69) is 27.7 Å². The molecule has 6 nitrogen and oxygen atoms in total. The second-order valence-corrected chi connectivity index (χ2v) is 19.0. The molecule has 0 bridgehead atoms. The predicted molar refractivity (Wildman–Crippen MR) is 257 cm³/mol. The van der Waals surface area contributed by atoms with Crippen molar-refractivity contribution >= 4 is 17.9 Å². The summed E-state index contributed by atoms with van der Waals surface area (Å²) in [5, 5.41) is 0. The summed E-state index contributed by atoms with van der Waals surface area (Å²) in [7, 11) is 0. The maximum atomic E-state index is 12.8. The highest BCUT2D eigenvalue weighted by Crippen LogP contribution is 2.17. The van der Waals surface area contributed by atoms with Crippen molar-refractivity contribution in [1.82, 2.24) is 0 Å². The van der Waals surface area contributed by atoms with Crippen molar-refractivity contribution in [2.24, 2.45) is 5.92 Å². The van der Waals surface area contributed by atoms with E-state index >= 15 is 0 Å². The van der Waals surface area contributed by atoms with Crippen LogP contribution in [0.25, 0.3) is 0 Å². The van der Waals surface area contributed by atoms with E-state index < -0.39 is 6.10 Å².